The summed E-state index contributed by atoms with van der Waals surface area (Å²) in [6, 6.07) is 6.74. The highest BCUT2D eigenvalue weighted by atomic mass is 19.1. The molecule has 1 aliphatic rings. The van der Waals surface area contributed by atoms with Crippen LogP contribution in [0.5, 0.6) is 0 Å². The second-order valence-corrected chi connectivity index (χ2v) is 5.20. The van der Waals surface area contributed by atoms with Gasteiger partial charge in [0, 0.05) is 44.2 Å². The van der Waals surface area contributed by atoms with Gasteiger partial charge in [-0.15, -0.1) is 0 Å². The summed E-state index contributed by atoms with van der Waals surface area (Å²) in [6.07, 6.45) is 2.05. The molecule has 3 nitrogen and oxygen atoms in total. The highest BCUT2D eigenvalue weighted by Crippen LogP contribution is 2.23. The van der Waals surface area contributed by atoms with E-state index in [1.165, 1.54) is 6.07 Å². The van der Waals surface area contributed by atoms with Gasteiger partial charge < -0.3 is 15.2 Å². The summed E-state index contributed by atoms with van der Waals surface area (Å²) in [5.74, 6) is -0.194. The number of hydrogen-bond donors (Lipinski definition) is 2. The summed E-state index contributed by atoms with van der Waals surface area (Å²) < 4.78 is 19.0. The molecule has 0 radical (unpaired) electrons. The van der Waals surface area contributed by atoms with Gasteiger partial charge in [-0.2, -0.15) is 0 Å². The molecule has 2 N–H and O–H groups in total. The van der Waals surface area contributed by atoms with Gasteiger partial charge in [0.25, 0.3) is 0 Å². The maximum Gasteiger partial charge on any atom is 0.127 e. The van der Waals surface area contributed by atoms with E-state index in [1.54, 1.807) is 12.1 Å². The first-order valence-electron chi connectivity index (χ1n) is 6.92. The number of aliphatic hydroxyl groups is 1. The maximum absolute atomic E-state index is 13.8. The summed E-state index contributed by atoms with van der Waals surface area (Å²) in [5, 5.41) is 13.7. The fourth-order valence-corrected chi connectivity index (χ4v) is 2.47. The van der Waals surface area contributed by atoms with Crippen LogP contribution in [0, 0.1) is 5.82 Å². The molecule has 1 atom stereocenters. The Morgan fingerprint density at radius 2 is 2.05 bits per heavy atom. The highest BCUT2D eigenvalue weighted by molar-refractivity contribution is 5.21. The monoisotopic (exact) mass is 267 g/mol. The molecule has 0 amide bonds. The average molecular weight is 267 g/mol. The molecule has 1 aromatic rings. The van der Waals surface area contributed by atoms with Crippen LogP contribution in [-0.4, -0.2) is 30.5 Å². The third-order valence-corrected chi connectivity index (χ3v) is 3.79. The molecule has 0 bridgehead atoms. The first-order chi connectivity index (χ1) is 9.14. The van der Waals surface area contributed by atoms with E-state index < -0.39 is 5.60 Å². The Labute approximate surface area is 113 Å². The quantitative estimate of drug-likeness (QED) is 0.861. The van der Waals surface area contributed by atoms with Crippen LogP contribution in [0.15, 0.2) is 24.3 Å². The normalized spacial score (nSPS) is 20.2. The van der Waals surface area contributed by atoms with Gasteiger partial charge in [0.15, 0.2) is 0 Å². The Bertz CT molecular complexity index is 405. The predicted octanol–water partition coefficient (Wildman–Crippen LogP) is 2.41. The molecule has 0 aromatic heterocycles. The molecule has 1 heterocycles. The minimum atomic E-state index is -0.725. The van der Waals surface area contributed by atoms with Gasteiger partial charge in [-0.3, -0.25) is 0 Å². The summed E-state index contributed by atoms with van der Waals surface area (Å²) in [6.45, 7) is 3.67. The van der Waals surface area contributed by atoms with Gasteiger partial charge >= 0.3 is 0 Å². The van der Waals surface area contributed by atoms with E-state index in [2.05, 4.69) is 5.32 Å². The SMILES string of the molecule is CCC(NCC1(O)CCOCC1)c1ccccc1F. The molecule has 0 saturated carbocycles. The fraction of sp³-hybridized carbons (Fsp3) is 0.600. The highest BCUT2D eigenvalue weighted by Gasteiger charge is 2.30. The van der Waals surface area contributed by atoms with Gasteiger partial charge in [-0.25, -0.2) is 4.39 Å². The van der Waals surface area contributed by atoms with Crippen molar-refractivity contribution in [3.8, 4) is 0 Å². The number of halogens is 1. The summed E-state index contributed by atoms with van der Waals surface area (Å²) in [4.78, 5) is 0. The van der Waals surface area contributed by atoms with E-state index in [1.807, 2.05) is 13.0 Å². The molecule has 0 aliphatic carbocycles. The molecule has 1 unspecified atom stereocenters. The van der Waals surface area contributed by atoms with E-state index in [9.17, 15) is 9.50 Å². The lowest BCUT2D eigenvalue weighted by atomic mass is 9.93. The Morgan fingerprint density at radius 3 is 2.68 bits per heavy atom. The standard InChI is InChI=1S/C15H22FNO2/c1-2-14(12-5-3-4-6-13(12)16)17-11-15(18)7-9-19-10-8-15/h3-6,14,17-18H,2,7-11H2,1H3. The van der Waals surface area contributed by atoms with Crippen molar-refractivity contribution in [1.29, 1.82) is 0 Å². The molecule has 1 aromatic carbocycles. The number of rotatable bonds is 5. The minimum Gasteiger partial charge on any atom is -0.388 e. The average Bonchev–Trinajstić information content (AvgIpc) is 2.42. The number of ether oxygens (including phenoxy) is 1. The molecule has 4 heteroatoms. The Morgan fingerprint density at radius 1 is 1.37 bits per heavy atom. The molecule has 2 rings (SSSR count). The van der Waals surface area contributed by atoms with Crippen molar-refractivity contribution in [3.63, 3.8) is 0 Å². The first kappa shape index (κ1) is 14.4. The first-order valence-corrected chi connectivity index (χ1v) is 6.92. The molecule has 106 valence electrons. The lowest BCUT2D eigenvalue weighted by Crippen LogP contribution is -2.45. The van der Waals surface area contributed by atoms with Crippen molar-refractivity contribution < 1.29 is 14.2 Å². The van der Waals surface area contributed by atoms with Gasteiger partial charge in [0.05, 0.1) is 5.60 Å². The van der Waals surface area contributed by atoms with Crippen molar-refractivity contribution in [2.75, 3.05) is 19.8 Å². The third kappa shape index (κ3) is 3.75. The van der Waals surface area contributed by atoms with E-state index in [0.29, 0.717) is 38.2 Å². The van der Waals surface area contributed by atoms with Crippen LogP contribution in [0.25, 0.3) is 0 Å². The number of hydrogen-bond acceptors (Lipinski definition) is 3. The second-order valence-electron chi connectivity index (χ2n) is 5.20. The summed E-state index contributed by atoms with van der Waals surface area (Å²) >= 11 is 0. The molecule has 1 saturated heterocycles. The van der Waals surface area contributed by atoms with E-state index in [4.69, 9.17) is 4.74 Å². The Balaban J connectivity index is 1.98. The van der Waals surface area contributed by atoms with Crippen molar-refractivity contribution in [2.45, 2.75) is 37.8 Å². The van der Waals surface area contributed by atoms with Gasteiger partial charge in [0.1, 0.15) is 5.82 Å². The van der Waals surface area contributed by atoms with Gasteiger partial charge in [0.2, 0.25) is 0 Å². The third-order valence-electron chi connectivity index (χ3n) is 3.79. The largest absolute Gasteiger partial charge is 0.388 e. The lowest BCUT2D eigenvalue weighted by Gasteiger charge is -2.33. The fourth-order valence-electron chi connectivity index (χ4n) is 2.47. The smallest absolute Gasteiger partial charge is 0.127 e. The minimum absolute atomic E-state index is 0.0620. The molecule has 0 spiro atoms. The van der Waals surface area contributed by atoms with E-state index in [-0.39, 0.29) is 11.9 Å². The number of nitrogens with one attached hydrogen (secondary N) is 1. The van der Waals surface area contributed by atoms with E-state index in [0.717, 1.165) is 6.42 Å². The summed E-state index contributed by atoms with van der Waals surface area (Å²) in [5.41, 5.74) is -0.0580. The Hall–Kier alpha value is -0.970. The van der Waals surface area contributed by atoms with Crippen LogP contribution >= 0.6 is 0 Å². The predicted molar refractivity (Wildman–Crippen MR) is 72.4 cm³/mol. The topological polar surface area (TPSA) is 41.5 Å². The van der Waals surface area contributed by atoms with Crippen molar-refractivity contribution >= 4 is 0 Å². The number of benzene rings is 1. The van der Waals surface area contributed by atoms with E-state index >= 15 is 0 Å². The zero-order valence-corrected chi connectivity index (χ0v) is 11.4. The van der Waals surface area contributed by atoms with Crippen molar-refractivity contribution in [3.05, 3.63) is 35.6 Å². The Kier molecular flexibility index (Phi) is 4.91. The lowest BCUT2D eigenvalue weighted by molar-refractivity contribution is -0.0629. The van der Waals surface area contributed by atoms with Crippen LogP contribution in [0.2, 0.25) is 0 Å². The van der Waals surface area contributed by atoms with Crippen molar-refractivity contribution in [2.24, 2.45) is 0 Å². The van der Waals surface area contributed by atoms with Gasteiger partial charge in [-0.05, 0) is 12.5 Å². The van der Waals surface area contributed by atoms with Crippen molar-refractivity contribution in [1.82, 2.24) is 5.32 Å². The summed E-state index contributed by atoms with van der Waals surface area (Å²) in [7, 11) is 0. The molecule has 1 aliphatic heterocycles. The molecule has 19 heavy (non-hydrogen) atoms. The van der Waals surface area contributed by atoms with Crippen LogP contribution in [-0.2, 0) is 4.74 Å². The van der Waals surface area contributed by atoms with Crippen LogP contribution in [0.4, 0.5) is 4.39 Å². The molecular weight excluding hydrogens is 245 g/mol. The van der Waals surface area contributed by atoms with Crippen LogP contribution in [0.3, 0.4) is 0 Å². The molecular formula is C15H22FNO2. The zero-order valence-electron chi connectivity index (χ0n) is 11.4. The zero-order chi connectivity index (χ0) is 13.7. The van der Waals surface area contributed by atoms with Crippen LogP contribution < -0.4 is 5.32 Å². The maximum atomic E-state index is 13.8. The van der Waals surface area contributed by atoms with Gasteiger partial charge in [-0.1, -0.05) is 25.1 Å². The second kappa shape index (κ2) is 6.46. The van der Waals surface area contributed by atoms with Crippen LogP contribution in [0.1, 0.15) is 37.8 Å². The molecule has 1 fully saturated rings.